The third-order valence-corrected chi connectivity index (χ3v) is 3.75. The van der Waals surface area contributed by atoms with Gasteiger partial charge in [-0.05, 0) is 17.5 Å². The summed E-state index contributed by atoms with van der Waals surface area (Å²) in [5.41, 5.74) is 7.00. The lowest BCUT2D eigenvalue weighted by Gasteiger charge is -2.32. The zero-order valence-electron chi connectivity index (χ0n) is 12.4. The van der Waals surface area contributed by atoms with Crippen molar-refractivity contribution in [3.8, 4) is 0 Å². The van der Waals surface area contributed by atoms with E-state index in [1.807, 2.05) is 60.7 Å². The Bertz CT molecular complexity index is 568. The first kappa shape index (κ1) is 15.3. The standard InChI is InChI=1S/C18H22N2O/c1-2-13-18(17(19)21,16-11-7-4-8-12-16)20-14-15-9-5-3-6-10-15/h3-12,20H,2,13-14H2,1H3,(H2,19,21). The van der Waals surface area contributed by atoms with E-state index in [0.717, 1.165) is 17.5 Å². The molecule has 2 rings (SSSR count). The van der Waals surface area contributed by atoms with Gasteiger partial charge in [0, 0.05) is 6.54 Å². The minimum absolute atomic E-state index is 0.327. The van der Waals surface area contributed by atoms with E-state index in [9.17, 15) is 4.79 Å². The van der Waals surface area contributed by atoms with E-state index in [1.165, 1.54) is 0 Å². The summed E-state index contributed by atoms with van der Waals surface area (Å²) in [6.07, 6.45) is 1.55. The fourth-order valence-electron chi connectivity index (χ4n) is 2.63. The maximum Gasteiger partial charge on any atom is 0.242 e. The van der Waals surface area contributed by atoms with Crippen molar-refractivity contribution in [2.75, 3.05) is 0 Å². The molecule has 21 heavy (non-hydrogen) atoms. The molecule has 3 N–H and O–H groups in total. The number of primary amides is 1. The molecule has 2 aromatic rings. The summed E-state index contributed by atoms with van der Waals surface area (Å²) in [5, 5.41) is 3.39. The van der Waals surface area contributed by atoms with Crippen LogP contribution in [0.15, 0.2) is 60.7 Å². The lowest BCUT2D eigenvalue weighted by Crippen LogP contribution is -2.52. The number of amides is 1. The van der Waals surface area contributed by atoms with Gasteiger partial charge in [-0.1, -0.05) is 74.0 Å². The van der Waals surface area contributed by atoms with Crippen molar-refractivity contribution < 1.29 is 4.79 Å². The van der Waals surface area contributed by atoms with Crippen LogP contribution in [0.4, 0.5) is 0 Å². The molecule has 0 saturated carbocycles. The molecule has 0 aromatic heterocycles. The lowest BCUT2D eigenvalue weighted by atomic mass is 9.84. The highest BCUT2D eigenvalue weighted by Gasteiger charge is 2.36. The zero-order chi connectivity index (χ0) is 15.1. The maximum absolute atomic E-state index is 12.2. The first-order valence-electron chi connectivity index (χ1n) is 7.33. The van der Waals surface area contributed by atoms with E-state index in [4.69, 9.17) is 5.73 Å². The molecular formula is C18H22N2O. The summed E-state index contributed by atoms with van der Waals surface area (Å²) in [6.45, 7) is 2.67. The van der Waals surface area contributed by atoms with Crippen LogP contribution in [-0.2, 0) is 16.9 Å². The van der Waals surface area contributed by atoms with Crippen molar-refractivity contribution in [3.05, 3.63) is 71.8 Å². The van der Waals surface area contributed by atoms with Gasteiger partial charge in [-0.15, -0.1) is 0 Å². The summed E-state index contributed by atoms with van der Waals surface area (Å²) in [4.78, 5) is 12.2. The molecule has 0 bridgehead atoms. The average Bonchev–Trinajstić information content (AvgIpc) is 2.53. The van der Waals surface area contributed by atoms with Gasteiger partial charge in [-0.3, -0.25) is 10.1 Å². The minimum atomic E-state index is -0.814. The number of benzene rings is 2. The van der Waals surface area contributed by atoms with E-state index < -0.39 is 5.54 Å². The molecule has 3 heteroatoms. The van der Waals surface area contributed by atoms with Crippen molar-refractivity contribution in [1.82, 2.24) is 5.32 Å². The van der Waals surface area contributed by atoms with E-state index in [0.29, 0.717) is 13.0 Å². The second-order valence-electron chi connectivity index (χ2n) is 5.22. The molecule has 0 fully saturated rings. The molecule has 0 radical (unpaired) electrons. The number of nitrogens with one attached hydrogen (secondary N) is 1. The number of rotatable bonds is 7. The number of nitrogens with two attached hydrogens (primary N) is 1. The maximum atomic E-state index is 12.2. The molecule has 2 aromatic carbocycles. The van der Waals surface area contributed by atoms with Crippen LogP contribution in [0.5, 0.6) is 0 Å². The van der Waals surface area contributed by atoms with E-state index >= 15 is 0 Å². The first-order chi connectivity index (χ1) is 10.2. The van der Waals surface area contributed by atoms with Crippen LogP contribution in [0.25, 0.3) is 0 Å². The Morgan fingerprint density at radius 2 is 1.62 bits per heavy atom. The second-order valence-corrected chi connectivity index (χ2v) is 5.22. The van der Waals surface area contributed by atoms with Gasteiger partial charge in [0.25, 0.3) is 0 Å². The van der Waals surface area contributed by atoms with Crippen LogP contribution in [-0.4, -0.2) is 5.91 Å². The Balaban J connectivity index is 2.29. The molecule has 1 amide bonds. The monoisotopic (exact) mass is 282 g/mol. The fourth-order valence-corrected chi connectivity index (χ4v) is 2.63. The van der Waals surface area contributed by atoms with Crippen LogP contribution in [0.1, 0.15) is 30.9 Å². The Hall–Kier alpha value is -2.13. The summed E-state index contributed by atoms with van der Waals surface area (Å²) < 4.78 is 0. The van der Waals surface area contributed by atoms with Crippen LogP contribution < -0.4 is 11.1 Å². The van der Waals surface area contributed by atoms with Gasteiger partial charge in [0.2, 0.25) is 5.91 Å². The Labute approximate surface area is 126 Å². The molecule has 3 nitrogen and oxygen atoms in total. The molecule has 0 spiro atoms. The molecule has 1 atom stereocenters. The number of hydrogen-bond donors (Lipinski definition) is 2. The van der Waals surface area contributed by atoms with Crippen molar-refractivity contribution in [2.24, 2.45) is 5.73 Å². The van der Waals surface area contributed by atoms with E-state index in [1.54, 1.807) is 0 Å². The second kappa shape index (κ2) is 7.04. The minimum Gasteiger partial charge on any atom is -0.368 e. The van der Waals surface area contributed by atoms with Gasteiger partial charge in [0.05, 0.1) is 0 Å². The summed E-state index contributed by atoms with van der Waals surface area (Å²) in [6, 6.07) is 19.8. The molecule has 0 heterocycles. The lowest BCUT2D eigenvalue weighted by molar-refractivity contribution is -0.125. The fraction of sp³-hybridized carbons (Fsp3) is 0.278. The first-order valence-corrected chi connectivity index (χ1v) is 7.33. The molecular weight excluding hydrogens is 260 g/mol. The summed E-state index contributed by atoms with van der Waals surface area (Å²) in [5.74, 6) is -0.327. The summed E-state index contributed by atoms with van der Waals surface area (Å²) in [7, 11) is 0. The van der Waals surface area contributed by atoms with E-state index in [2.05, 4.69) is 12.2 Å². The van der Waals surface area contributed by atoms with E-state index in [-0.39, 0.29) is 5.91 Å². The van der Waals surface area contributed by atoms with Gasteiger partial charge in [0.1, 0.15) is 5.54 Å². The number of carbonyl (C=O) groups is 1. The zero-order valence-corrected chi connectivity index (χ0v) is 12.4. The highest BCUT2D eigenvalue weighted by Crippen LogP contribution is 2.27. The van der Waals surface area contributed by atoms with Crippen LogP contribution in [0, 0.1) is 0 Å². The Morgan fingerprint density at radius 1 is 1.05 bits per heavy atom. The normalized spacial score (nSPS) is 13.6. The van der Waals surface area contributed by atoms with Gasteiger partial charge in [-0.25, -0.2) is 0 Å². The Morgan fingerprint density at radius 3 is 2.14 bits per heavy atom. The predicted molar refractivity (Wildman–Crippen MR) is 85.5 cm³/mol. The molecule has 0 aliphatic carbocycles. The highest BCUT2D eigenvalue weighted by atomic mass is 16.1. The van der Waals surface area contributed by atoms with Crippen LogP contribution in [0.3, 0.4) is 0 Å². The SMILES string of the molecule is CCCC(NCc1ccccc1)(C(N)=O)c1ccccc1. The average molecular weight is 282 g/mol. The predicted octanol–water partition coefficient (Wildman–Crippen LogP) is 2.96. The number of hydrogen-bond acceptors (Lipinski definition) is 2. The summed E-state index contributed by atoms with van der Waals surface area (Å²) >= 11 is 0. The van der Waals surface area contributed by atoms with Crippen LogP contribution >= 0.6 is 0 Å². The smallest absolute Gasteiger partial charge is 0.242 e. The molecule has 1 unspecified atom stereocenters. The quantitative estimate of drug-likeness (QED) is 0.820. The van der Waals surface area contributed by atoms with Gasteiger partial charge >= 0.3 is 0 Å². The van der Waals surface area contributed by atoms with Crippen molar-refractivity contribution in [1.29, 1.82) is 0 Å². The topological polar surface area (TPSA) is 55.1 Å². The molecule has 0 saturated heterocycles. The number of carbonyl (C=O) groups excluding carboxylic acids is 1. The molecule has 110 valence electrons. The van der Waals surface area contributed by atoms with Crippen LogP contribution in [0.2, 0.25) is 0 Å². The van der Waals surface area contributed by atoms with Crippen molar-refractivity contribution >= 4 is 5.91 Å². The molecule has 0 aliphatic rings. The van der Waals surface area contributed by atoms with Gasteiger partial charge < -0.3 is 5.73 Å². The van der Waals surface area contributed by atoms with Crippen molar-refractivity contribution in [3.63, 3.8) is 0 Å². The highest BCUT2D eigenvalue weighted by molar-refractivity contribution is 5.86. The third kappa shape index (κ3) is 3.50. The molecule has 0 aliphatic heterocycles. The van der Waals surface area contributed by atoms with Crippen molar-refractivity contribution in [2.45, 2.75) is 31.8 Å². The van der Waals surface area contributed by atoms with Gasteiger partial charge in [-0.2, -0.15) is 0 Å². The largest absolute Gasteiger partial charge is 0.368 e. The third-order valence-electron chi connectivity index (χ3n) is 3.75. The Kier molecular flexibility index (Phi) is 5.12. The van der Waals surface area contributed by atoms with Gasteiger partial charge in [0.15, 0.2) is 0 Å².